The molecule has 0 radical (unpaired) electrons. The summed E-state index contributed by atoms with van der Waals surface area (Å²) >= 11 is 0. The van der Waals surface area contributed by atoms with Crippen LogP contribution in [-0.4, -0.2) is 71.8 Å². The molecule has 1 fully saturated rings. The molecule has 6 nitrogen and oxygen atoms in total. The zero-order valence-electron chi connectivity index (χ0n) is 11.7. The third kappa shape index (κ3) is 4.00. The standard InChI is InChI=1S/C14H21N3O3/c1-16(8-12-2-4-15-5-3-12)9-14(19)17-6-7-20-11-13(17)10-18/h2-5,13,18H,6-11H2,1H3/t13-/m0/s1. The second-order valence-corrected chi connectivity index (χ2v) is 5.03. The molecule has 0 spiro atoms. The van der Waals surface area contributed by atoms with Crippen LogP contribution in [0.15, 0.2) is 24.5 Å². The molecule has 0 bridgehead atoms. The SMILES string of the molecule is CN(CC(=O)N1CCOC[C@@H]1CO)Cc1ccncc1. The fourth-order valence-electron chi connectivity index (χ4n) is 2.31. The van der Waals surface area contributed by atoms with Crippen LogP contribution in [0.3, 0.4) is 0 Å². The molecule has 1 aromatic rings. The zero-order chi connectivity index (χ0) is 14.4. The Balaban J connectivity index is 1.86. The lowest BCUT2D eigenvalue weighted by molar-refractivity contribution is -0.142. The molecule has 20 heavy (non-hydrogen) atoms. The number of aliphatic hydroxyl groups is 1. The zero-order valence-corrected chi connectivity index (χ0v) is 11.7. The molecule has 6 heteroatoms. The normalized spacial score (nSPS) is 19.4. The topological polar surface area (TPSA) is 65.9 Å². The number of hydrogen-bond donors (Lipinski definition) is 1. The molecule has 0 aromatic carbocycles. The van der Waals surface area contributed by atoms with Crippen molar-refractivity contribution in [2.45, 2.75) is 12.6 Å². The molecule has 0 saturated carbocycles. The molecule has 0 unspecified atom stereocenters. The molecule has 1 aliphatic rings. The summed E-state index contributed by atoms with van der Waals surface area (Å²) in [6.07, 6.45) is 3.49. The highest BCUT2D eigenvalue weighted by Gasteiger charge is 2.27. The highest BCUT2D eigenvalue weighted by Crippen LogP contribution is 2.08. The monoisotopic (exact) mass is 279 g/mol. The number of morpholine rings is 1. The predicted octanol–water partition coefficient (Wildman–Crippen LogP) is -0.267. The number of carbonyl (C=O) groups is 1. The van der Waals surface area contributed by atoms with E-state index < -0.39 is 0 Å². The number of nitrogens with zero attached hydrogens (tertiary/aromatic N) is 3. The second kappa shape index (κ2) is 7.33. The Morgan fingerprint density at radius 2 is 2.30 bits per heavy atom. The minimum Gasteiger partial charge on any atom is -0.394 e. The maximum atomic E-state index is 12.3. The molecule has 1 N–H and O–H groups in total. The lowest BCUT2D eigenvalue weighted by atomic mass is 10.2. The van der Waals surface area contributed by atoms with Gasteiger partial charge in [-0.05, 0) is 24.7 Å². The Labute approximate surface area is 119 Å². The Morgan fingerprint density at radius 3 is 3.00 bits per heavy atom. The Hall–Kier alpha value is -1.50. The fourth-order valence-corrected chi connectivity index (χ4v) is 2.31. The van der Waals surface area contributed by atoms with E-state index in [0.29, 0.717) is 32.8 Å². The van der Waals surface area contributed by atoms with Crippen LogP contribution in [-0.2, 0) is 16.1 Å². The molecule has 2 heterocycles. The largest absolute Gasteiger partial charge is 0.394 e. The smallest absolute Gasteiger partial charge is 0.237 e. The van der Waals surface area contributed by atoms with Crippen LogP contribution >= 0.6 is 0 Å². The van der Waals surface area contributed by atoms with Crippen LogP contribution in [0, 0.1) is 0 Å². The summed E-state index contributed by atoms with van der Waals surface area (Å²) in [6, 6.07) is 3.66. The van der Waals surface area contributed by atoms with Crippen molar-refractivity contribution in [3.8, 4) is 0 Å². The maximum Gasteiger partial charge on any atom is 0.237 e. The number of amides is 1. The summed E-state index contributed by atoms with van der Waals surface area (Å²) in [5.41, 5.74) is 1.12. The van der Waals surface area contributed by atoms with Crippen LogP contribution in [0.25, 0.3) is 0 Å². The van der Waals surface area contributed by atoms with Crippen LogP contribution in [0.5, 0.6) is 0 Å². The summed E-state index contributed by atoms with van der Waals surface area (Å²) < 4.78 is 5.28. The van der Waals surface area contributed by atoms with Crippen molar-refractivity contribution in [2.75, 3.05) is 40.0 Å². The van der Waals surface area contributed by atoms with Crippen molar-refractivity contribution in [1.29, 1.82) is 0 Å². The lowest BCUT2D eigenvalue weighted by Crippen LogP contribution is -2.52. The summed E-state index contributed by atoms with van der Waals surface area (Å²) in [4.78, 5) is 19.9. The van der Waals surface area contributed by atoms with Crippen molar-refractivity contribution in [3.05, 3.63) is 30.1 Å². The molecule has 1 aliphatic heterocycles. The van der Waals surface area contributed by atoms with E-state index in [0.717, 1.165) is 5.56 Å². The number of carbonyl (C=O) groups excluding carboxylic acids is 1. The van der Waals surface area contributed by atoms with Crippen LogP contribution < -0.4 is 0 Å². The first-order chi connectivity index (χ1) is 9.70. The summed E-state index contributed by atoms with van der Waals surface area (Å²) in [6.45, 7) is 2.47. The van der Waals surface area contributed by atoms with E-state index >= 15 is 0 Å². The molecule has 1 atom stereocenters. The molecule has 1 aromatic heterocycles. The van der Waals surface area contributed by atoms with Gasteiger partial charge in [0.25, 0.3) is 0 Å². The molecule has 110 valence electrons. The number of ether oxygens (including phenoxy) is 1. The van der Waals surface area contributed by atoms with E-state index in [2.05, 4.69) is 4.98 Å². The number of rotatable bonds is 5. The van der Waals surface area contributed by atoms with Gasteiger partial charge in [0, 0.05) is 25.5 Å². The van der Waals surface area contributed by atoms with Gasteiger partial charge in [0.05, 0.1) is 32.4 Å². The Kier molecular flexibility index (Phi) is 5.46. The van der Waals surface area contributed by atoms with Crippen molar-refractivity contribution >= 4 is 5.91 Å². The summed E-state index contributed by atoms with van der Waals surface area (Å²) in [5, 5.41) is 9.29. The molecular weight excluding hydrogens is 258 g/mol. The van der Waals surface area contributed by atoms with E-state index in [9.17, 15) is 9.90 Å². The van der Waals surface area contributed by atoms with Gasteiger partial charge < -0.3 is 14.7 Å². The van der Waals surface area contributed by atoms with Gasteiger partial charge in [-0.15, -0.1) is 0 Å². The van der Waals surface area contributed by atoms with Gasteiger partial charge in [-0.2, -0.15) is 0 Å². The third-order valence-electron chi connectivity index (χ3n) is 3.37. The number of aliphatic hydroxyl groups excluding tert-OH is 1. The first kappa shape index (κ1) is 14.9. The van der Waals surface area contributed by atoms with Crippen molar-refractivity contribution in [2.24, 2.45) is 0 Å². The van der Waals surface area contributed by atoms with Crippen molar-refractivity contribution in [3.63, 3.8) is 0 Å². The van der Waals surface area contributed by atoms with E-state index in [4.69, 9.17) is 4.74 Å². The van der Waals surface area contributed by atoms with Gasteiger partial charge in [-0.25, -0.2) is 0 Å². The molecule has 0 aliphatic carbocycles. The summed E-state index contributed by atoms with van der Waals surface area (Å²) in [5.74, 6) is 0.0314. The summed E-state index contributed by atoms with van der Waals surface area (Å²) in [7, 11) is 1.91. The molecule has 2 rings (SSSR count). The number of aromatic nitrogens is 1. The quantitative estimate of drug-likeness (QED) is 0.804. The highest BCUT2D eigenvalue weighted by molar-refractivity contribution is 5.78. The van der Waals surface area contributed by atoms with Crippen LogP contribution in [0.2, 0.25) is 0 Å². The minimum atomic E-state index is -0.217. The second-order valence-electron chi connectivity index (χ2n) is 5.03. The highest BCUT2D eigenvalue weighted by atomic mass is 16.5. The minimum absolute atomic E-state index is 0.0314. The number of likely N-dealkylation sites (N-methyl/N-ethyl adjacent to an activating group) is 1. The maximum absolute atomic E-state index is 12.3. The average Bonchev–Trinajstić information content (AvgIpc) is 2.48. The first-order valence-corrected chi connectivity index (χ1v) is 6.76. The van der Waals surface area contributed by atoms with Gasteiger partial charge in [0.15, 0.2) is 0 Å². The number of hydrogen-bond acceptors (Lipinski definition) is 5. The first-order valence-electron chi connectivity index (χ1n) is 6.76. The van der Waals surface area contributed by atoms with Gasteiger partial charge in [-0.3, -0.25) is 14.7 Å². The van der Waals surface area contributed by atoms with Crippen LogP contribution in [0.4, 0.5) is 0 Å². The van der Waals surface area contributed by atoms with Gasteiger partial charge in [-0.1, -0.05) is 0 Å². The van der Waals surface area contributed by atoms with Gasteiger partial charge >= 0.3 is 0 Å². The molecular formula is C14H21N3O3. The Morgan fingerprint density at radius 1 is 1.55 bits per heavy atom. The van der Waals surface area contributed by atoms with Gasteiger partial charge in [0.1, 0.15) is 0 Å². The molecule has 1 amide bonds. The third-order valence-corrected chi connectivity index (χ3v) is 3.37. The van der Waals surface area contributed by atoms with E-state index in [1.807, 2.05) is 24.1 Å². The van der Waals surface area contributed by atoms with E-state index in [-0.39, 0.29) is 18.6 Å². The van der Waals surface area contributed by atoms with E-state index in [1.165, 1.54) is 0 Å². The van der Waals surface area contributed by atoms with Crippen molar-refractivity contribution in [1.82, 2.24) is 14.8 Å². The Bertz CT molecular complexity index is 427. The number of pyridine rings is 1. The fraction of sp³-hybridized carbons (Fsp3) is 0.571. The average molecular weight is 279 g/mol. The lowest BCUT2D eigenvalue weighted by Gasteiger charge is -2.35. The molecule has 1 saturated heterocycles. The predicted molar refractivity (Wildman–Crippen MR) is 74.0 cm³/mol. The van der Waals surface area contributed by atoms with Crippen molar-refractivity contribution < 1.29 is 14.6 Å². The van der Waals surface area contributed by atoms with Crippen LogP contribution in [0.1, 0.15) is 5.56 Å². The van der Waals surface area contributed by atoms with Gasteiger partial charge in [0.2, 0.25) is 5.91 Å². The van der Waals surface area contributed by atoms with E-state index in [1.54, 1.807) is 17.3 Å².